The van der Waals surface area contributed by atoms with Crippen LogP contribution >= 0.6 is 11.8 Å². The molecule has 3 amide bonds. The van der Waals surface area contributed by atoms with Gasteiger partial charge in [0, 0.05) is 30.3 Å². The maximum atomic E-state index is 12.6. The van der Waals surface area contributed by atoms with E-state index in [2.05, 4.69) is 22.9 Å². The molecule has 0 aromatic rings. The largest absolute Gasteiger partial charge is 0.466 e. The highest BCUT2D eigenvalue weighted by molar-refractivity contribution is 8.00. The van der Waals surface area contributed by atoms with Gasteiger partial charge in [-0.15, -0.1) is 0 Å². The number of esters is 2. The molecule has 3 rings (SSSR count). The van der Waals surface area contributed by atoms with Crippen LogP contribution in [-0.2, 0) is 43.4 Å². The van der Waals surface area contributed by atoms with Crippen molar-refractivity contribution in [3.05, 3.63) is 0 Å². The van der Waals surface area contributed by atoms with Crippen molar-refractivity contribution >= 4 is 45.8 Å². The van der Waals surface area contributed by atoms with Gasteiger partial charge < -0.3 is 45.1 Å². The maximum Gasteiger partial charge on any atom is 0.325 e. The summed E-state index contributed by atoms with van der Waals surface area (Å²) in [5, 5.41) is 29.9. The zero-order valence-electron chi connectivity index (χ0n) is 33.7. The molecule has 3 saturated heterocycles. The van der Waals surface area contributed by atoms with E-state index in [1.54, 1.807) is 11.8 Å². The van der Waals surface area contributed by atoms with E-state index in [0.29, 0.717) is 12.8 Å². The van der Waals surface area contributed by atoms with Crippen LogP contribution in [0.5, 0.6) is 0 Å². The van der Waals surface area contributed by atoms with Crippen LogP contribution in [0.25, 0.3) is 0 Å². The van der Waals surface area contributed by atoms with Gasteiger partial charge in [-0.1, -0.05) is 103 Å². The summed E-state index contributed by atoms with van der Waals surface area (Å²) in [7, 11) is -4.69. The summed E-state index contributed by atoms with van der Waals surface area (Å²) in [6.45, 7) is 1.62. The molecule has 8 atom stereocenters. The van der Waals surface area contributed by atoms with Crippen molar-refractivity contribution in [3.8, 4) is 0 Å². The summed E-state index contributed by atoms with van der Waals surface area (Å²) in [6.07, 6.45) is 12.9. The standard InChI is InChI=1S/C39H69N3O13S2/c1-2-3-4-5-6-7-8-9-10-11-12-13-14-15-16-22-32(44)52-23-19-24-53-38-36(47)35(46)37(29(54-38)27-57(49,50)51)55-33(45)25-40-31(43)21-18-17-20-30-34-28(26-56-30)41-39(48)42-34/h28-30,34-38,46-47H,2-27H2,1H3,(H,40,43)(H2,41,42,48)(H,49,50,51)/t28-,29+,30-,34-,35+,36+,37+,38-/m0/s1. The number of thioether (sulfide) groups is 1. The van der Waals surface area contributed by atoms with Crippen molar-refractivity contribution in [1.82, 2.24) is 16.0 Å². The van der Waals surface area contributed by atoms with Crippen molar-refractivity contribution < 1.29 is 61.3 Å². The van der Waals surface area contributed by atoms with E-state index in [0.717, 1.165) is 37.9 Å². The molecule has 3 fully saturated rings. The second-order valence-electron chi connectivity index (χ2n) is 15.5. The normalized spacial score (nSPS) is 25.7. The molecule has 3 aliphatic rings. The highest BCUT2D eigenvalue weighted by atomic mass is 32.2. The Kier molecular flexibility index (Phi) is 23.7. The Bertz CT molecular complexity index is 1310. The van der Waals surface area contributed by atoms with E-state index in [1.165, 1.54) is 77.0 Å². The van der Waals surface area contributed by atoms with E-state index in [1.807, 2.05) is 0 Å². The van der Waals surface area contributed by atoms with E-state index < -0.39 is 65.0 Å². The number of unbranched alkanes of at least 4 members (excludes halogenated alkanes) is 15. The van der Waals surface area contributed by atoms with Gasteiger partial charge in [-0.3, -0.25) is 18.9 Å². The first-order valence-electron chi connectivity index (χ1n) is 21.3. The first kappa shape index (κ1) is 49.1. The second kappa shape index (κ2) is 27.5. The number of hydrogen-bond acceptors (Lipinski definition) is 13. The van der Waals surface area contributed by atoms with Crippen molar-refractivity contribution in [2.45, 2.75) is 190 Å². The number of aliphatic hydroxyl groups excluding tert-OH is 2. The summed E-state index contributed by atoms with van der Waals surface area (Å²) in [4.78, 5) is 48.6. The van der Waals surface area contributed by atoms with Gasteiger partial charge in [-0.2, -0.15) is 20.2 Å². The van der Waals surface area contributed by atoms with E-state index in [9.17, 15) is 42.4 Å². The molecule has 0 unspecified atom stereocenters. The molecule has 330 valence electrons. The van der Waals surface area contributed by atoms with Crippen LogP contribution in [0.15, 0.2) is 0 Å². The lowest BCUT2D eigenvalue weighted by Crippen LogP contribution is -2.61. The highest BCUT2D eigenvalue weighted by Gasteiger charge is 2.48. The van der Waals surface area contributed by atoms with Gasteiger partial charge in [-0.05, 0) is 19.3 Å². The molecule has 0 spiro atoms. The van der Waals surface area contributed by atoms with E-state index in [4.69, 9.17) is 18.9 Å². The topological polar surface area (TPSA) is 236 Å². The summed E-state index contributed by atoms with van der Waals surface area (Å²) in [5.41, 5.74) is 0. The van der Waals surface area contributed by atoms with Gasteiger partial charge in [0.05, 0.1) is 25.3 Å². The summed E-state index contributed by atoms with van der Waals surface area (Å²) >= 11 is 1.78. The predicted octanol–water partition coefficient (Wildman–Crippen LogP) is 4.29. The molecule has 0 bridgehead atoms. The average Bonchev–Trinajstić information content (AvgIpc) is 3.72. The van der Waals surface area contributed by atoms with Gasteiger partial charge >= 0.3 is 18.0 Å². The third-order valence-electron chi connectivity index (χ3n) is 10.6. The Hall–Kier alpha value is -2.22. The van der Waals surface area contributed by atoms with Crippen LogP contribution in [0, 0.1) is 0 Å². The van der Waals surface area contributed by atoms with Gasteiger partial charge in [-0.25, -0.2) is 4.79 Å². The van der Waals surface area contributed by atoms with Gasteiger partial charge in [0.1, 0.15) is 30.6 Å². The SMILES string of the molecule is CCCCCCCCCCCCCCCCCC(=O)OCCCO[C@H]1O[C@H](CS(=O)(=O)O)[C@@H](OC(=O)CNC(=O)CCCC[C@@H]2SC[C@@H]3NC(=O)N[C@@H]32)[C@H](O)[C@H]1O. The number of fused-ring (bicyclic) bond motifs is 1. The second-order valence-corrected chi connectivity index (χ2v) is 18.3. The molecular weight excluding hydrogens is 783 g/mol. The van der Waals surface area contributed by atoms with Gasteiger partial charge in [0.15, 0.2) is 12.4 Å². The van der Waals surface area contributed by atoms with Crippen molar-refractivity contribution in [3.63, 3.8) is 0 Å². The number of ether oxygens (including phenoxy) is 4. The Balaban J connectivity index is 1.23. The Morgan fingerprint density at radius 2 is 1.42 bits per heavy atom. The summed E-state index contributed by atoms with van der Waals surface area (Å²) < 4.78 is 54.4. The number of rotatable bonds is 31. The number of amides is 3. The predicted molar refractivity (Wildman–Crippen MR) is 215 cm³/mol. The molecule has 57 heavy (non-hydrogen) atoms. The molecule has 6 N–H and O–H groups in total. The molecule has 0 aliphatic carbocycles. The molecule has 0 aromatic heterocycles. The lowest BCUT2D eigenvalue weighted by molar-refractivity contribution is -0.295. The first-order chi connectivity index (χ1) is 27.4. The number of carbonyl (C=O) groups excluding carboxylic acids is 4. The van der Waals surface area contributed by atoms with Crippen molar-refractivity contribution in [2.24, 2.45) is 0 Å². The monoisotopic (exact) mass is 851 g/mol. The minimum absolute atomic E-state index is 0.0428. The number of urea groups is 1. The van der Waals surface area contributed by atoms with E-state index >= 15 is 0 Å². The molecule has 16 nitrogen and oxygen atoms in total. The summed E-state index contributed by atoms with van der Waals surface area (Å²) in [6, 6.07) is 0.0325. The molecule has 0 saturated carbocycles. The lowest BCUT2D eigenvalue weighted by atomic mass is 9.99. The fourth-order valence-corrected chi connectivity index (χ4v) is 9.64. The fraction of sp³-hybridized carbons (Fsp3) is 0.897. The molecule has 0 aromatic carbocycles. The van der Waals surface area contributed by atoms with Gasteiger partial charge in [0.2, 0.25) is 5.91 Å². The minimum Gasteiger partial charge on any atom is -0.466 e. The Morgan fingerprint density at radius 3 is 2.05 bits per heavy atom. The minimum atomic E-state index is -4.69. The average molecular weight is 852 g/mol. The highest BCUT2D eigenvalue weighted by Crippen LogP contribution is 2.33. The smallest absolute Gasteiger partial charge is 0.325 e. The fourth-order valence-electron chi connectivity index (χ4n) is 7.41. The molecular formula is C39H69N3O13S2. The Morgan fingerprint density at radius 1 is 0.807 bits per heavy atom. The number of aliphatic hydroxyl groups is 2. The number of hydrogen-bond donors (Lipinski definition) is 6. The van der Waals surface area contributed by atoms with E-state index in [-0.39, 0.29) is 55.4 Å². The van der Waals surface area contributed by atoms with Crippen LogP contribution in [0.2, 0.25) is 0 Å². The lowest BCUT2D eigenvalue weighted by Gasteiger charge is -2.41. The molecule has 0 radical (unpaired) electrons. The van der Waals surface area contributed by atoms with Crippen LogP contribution in [0.4, 0.5) is 4.79 Å². The van der Waals surface area contributed by atoms with Crippen LogP contribution in [0.1, 0.15) is 142 Å². The zero-order chi connectivity index (χ0) is 41.5. The molecule has 18 heteroatoms. The van der Waals surface area contributed by atoms with Crippen molar-refractivity contribution in [1.29, 1.82) is 0 Å². The quantitative estimate of drug-likeness (QED) is 0.0247. The molecule has 3 aliphatic heterocycles. The maximum absolute atomic E-state index is 12.6. The Labute approximate surface area is 343 Å². The first-order valence-corrected chi connectivity index (χ1v) is 23.9. The zero-order valence-corrected chi connectivity index (χ0v) is 35.4. The molecule has 3 heterocycles. The third kappa shape index (κ3) is 20.1. The van der Waals surface area contributed by atoms with Gasteiger partial charge in [0.25, 0.3) is 10.1 Å². The number of carbonyl (C=O) groups is 4. The van der Waals surface area contributed by atoms with Crippen LogP contribution < -0.4 is 16.0 Å². The number of nitrogens with one attached hydrogen (secondary N) is 3. The summed E-state index contributed by atoms with van der Waals surface area (Å²) in [5.74, 6) is -1.99. The van der Waals surface area contributed by atoms with Crippen LogP contribution in [0.3, 0.4) is 0 Å². The van der Waals surface area contributed by atoms with Crippen molar-refractivity contribution in [2.75, 3.05) is 31.3 Å². The van der Waals surface area contributed by atoms with Crippen LogP contribution in [-0.4, -0.2) is 126 Å². The third-order valence-corrected chi connectivity index (χ3v) is 12.9.